The Morgan fingerprint density at radius 2 is 1.89 bits per heavy atom. The number of thiophene rings is 1. The van der Waals surface area contributed by atoms with Crippen LogP contribution in [0, 0.1) is 25.7 Å². The Balaban J connectivity index is 1.90. The zero-order valence-corrected chi connectivity index (χ0v) is 12.3. The minimum atomic E-state index is -3.27. The van der Waals surface area contributed by atoms with Gasteiger partial charge in [-0.1, -0.05) is 0 Å². The molecule has 6 heteroatoms. The quantitative estimate of drug-likeness (QED) is 0.889. The Morgan fingerprint density at radius 1 is 1.28 bits per heavy atom. The van der Waals surface area contributed by atoms with Crippen molar-refractivity contribution < 1.29 is 8.42 Å². The van der Waals surface area contributed by atoms with Crippen LogP contribution < -0.4 is 5.32 Å². The van der Waals surface area contributed by atoms with E-state index in [9.17, 15) is 8.42 Å². The van der Waals surface area contributed by atoms with Gasteiger partial charge < -0.3 is 5.32 Å². The fraction of sp³-hybridized carbons (Fsp3) is 0.667. The smallest absolute Gasteiger partial charge is 0.244 e. The lowest BCUT2D eigenvalue weighted by Gasteiger charge is -2.17. The molecule has 1 aromatic heterocycles. The van der Waals surface area contributed by atoms with Crippen molar-refractivity contribution in [3.63, 3.8) is 0 Å². The maximum Gasteiger partial charge on any atom is 0.244 e. The zero-order valence-electron chi connectivity index (χ0n) is 10.6. The van der Waals surface area contributed by atoms with Crippen molar-refractivity contribution in [2.24, 2.45) is 11.8 Å². The standard InChI is InChI=1S/C12H18N2O2S2/c1-8-3-12(9(2)17-8)18(15,16)14-6-10-4-13-5-11(10)7-14/h3,10-11,13H,4-7H2,1-2H3. The van der Waals surface area contributed by atoms with Gasteiger partial charge in [-0.2, -0.15) is 4.31 Å². The van der Waals surface area contributed by atoms with Crippen molar-refractivity contribution in [2.45, 2.75) is 18.7 Å². The highest BCUT2D eigenvalue weighted by Crippen LogP contribution is 2.33. The summed E-state index contributed by atoms with van der Waals surface area (Å²) in [5.41, 5.74) is 0. The summed E-state index contributed by atoms with van der Waals surface area (Å²) in [5, 5.41) is 3.33. The van der Waals surface area contributed by atoms with Gasteiger partial charge in [-0.15, -0.1) is 11.3 Å². The highest BCUT2D eigenvalue weighted by molar-refractivity contribution is 7.89. The minimum Gasteiger partial charge on any atom is -0.316 e. The topological polar surface area (TPSA) is 49.4 Å². The zero-order chi connectivity index (χ0) is 12.9. The summed E-state index contributed by atoms with van der Waals surface area (Å²) >= 11 is 1.56. The molecule has 2 atom stereocenters. The lowest BCUT2D eigenvalue weighted by Crippen LogP contribution is -2.32. The molecule has 3 rings (SSSR count). The summed E-state index contributed by atoms with van der Waals surface area (Å²) in [5.74, 6) is 1.000. The van der Waals surface area contributed by atoms with Crippen molar-refractivity contribution >= 4 is 21.4 Å². The molecule has 3 heterocycles. The highest BCUT2D eigenvalue weighted by Gasteiger charge is 2.42. The highest BCUT2D eigenvalue weighted by atomic mass is 32.2. The third kappa shape index (κ3) is 1.91. The molecule has 2 unspecified atom stereocenters. The largest absolute Gasteiger partial charge is 0.316 e. The SMILES string of the molecule is Cc1cc(S(=O)(=O)N2CC3CNCC3C2)c(C)s1. The molecule has 18 heavy (non-hydrogen) atoms. The van der Waals surface area contributed by atoms with Crippen molar-refractivity contribution in [3.05, 3.63) is 15.8 Å². The summed E-state index contributed by atoms with van der Waals surface area (Å²) in [6.07, 6.45) is 0. The molecule has 0 aromatic carbocycles. The molecule has 2 saturated heterocycles. The molecule has 1 aromatic rings. The van der Waals surface area contributed by atoms with E-state index in [1.807, 2.05) is 19.9 Å². The second-order valence-electron chi connectivity index (χ2n) is 5.28. The predicted octanol–water partition coefficient (Wildman–Crippen LogP) is 1.20. The van der Waals surface area contributed by atoms with Crippen LogP contribution in [-0.4, -0.2) is 38.9 Å². The second kappa shape index (κ2) is 4.30. The molecule has 0 amide bonds. The van der Waals surface area contributed by atoms with Crippen molar-refractivity contribution in [3.8, 4) is 0 Å². The normalized spacial score (nSPS) is 28.8. The van der Waals surface area contributed by atoms with E-state index in [4.69, 9.17) is 0 Å². The maximum atomic E-state index is 12.6. The van der Waals surface area contributed by atoms with Crippen LogP contribution in [0.1, 0.15) is 9.75 Å². The molecule has 0 spiro atoms. The second-order valence-corrected chi connectivity index (χ2v) is 8.64. The maximum absolute atomic E-state index is 12.6. The van der Waals surface area contributed by atoms with Gasteiger partial charge in [0.05, 0.1) is 4.90 Å². The molecule has 0 aliphatic carbocycles. The predicted molar refractivity (Wildman–Crippen MR) is 72.4 cm³/mol. The van der Waals surface area contributed by atoms with E-state index >= 15 is 0 Å². The van der Waals surface area contributed by atoms with Gasteiger partial charge in [-0.25, -0.2) is 8.42 Å². The van der Waals surface area contributed by atoms with Gasteiger partial charge in [0, 0.05) is 22.8 Å². The van der Waals surface area contributed by atoms with Crippen LogP contribution in [0.4, 0.5) is 0 Å². The summed E-state index contributed by atoms with van der Waals surface area (Å²) in [4.78, 5) is 2.48. The Hall–Kier alpha value is -0.430. The lowest BCUT2D eigenvalue weighted by atomic mass is 10.0. The molecule has 0 radical (unpaired) electrons. The van der Waals surface area contributed by atoms with Crippen LogP contribution in [0.25, 0.3) is 0 Å². The van der Waals surface area contributed by atoms with Gasteiger partial charge >= 0.3 is 0 Å². The van der Waals surface area contributed by atoms with Crippen molar-refractivity contribution in [1.82, 2.24) is 9.62 Å². The third-order valence-corrected chi connectivity index (χ3v) is 7.02. The Bertz CT molecular complexity index is 553. The van der Waals surface area contributed by atoms with Gasteiger partial charge in [0.15, 0.2) is 0 Å². The lowest BCUT2D eigenvalue weighted by molar-refractivity contribution is 0.448. The number of rotatable bonds is 2. The minimum absolute atomic E-state index is 0.500. The molecule has 4 nitrogen and oxygen atoms in total. The number of hydrogen-bond acceptors (Lipinski definition) is 4. The van der Waals surface area contributed by atoms with E-state index in [1.54, 1.807) is 15.6 Å². The average Bonchev–Trinajstić information content (AvgIpc) is 2.90. The first-order valence-electron chi connectivity index (χ1n) is 6.26. The summed E-state index contributed by atoms with van der Waals surface area (Å²) < 4.78 is 26.9. The van der Waals surface area contributed by atoms with Crippen LogP contribution in [0.15, 0.2) is 11.0 Å². The van der Waals surface area contributed by atoms with Gasteiger partial charge in [-0.05, 0) is 44.8 Å². The molecule has 0 bridgehead atoms. The van der Waals surface area contributed by atoms with Crippen molar-refractivity contribution in [1.29, 1.82) is 0 Å². The Labute approximate surface area is 112 Å². The Morgan fingerprint density at radius 3 is 2.39 bits per heavy atom. The van der Waals surface area contributed by atoms with Gasteiger partial charge in [0.2, 0.25) is 10.0 Å². The summed E-state index contributed by atoms with van der Waals surface area (Å²) in [7, 11) is -3.27. The van der Waals surface area contributed by atoms with Gasteiger partial charge in [0.1, 0.15) is 0 Å². The number of aryl methyl sites for hydroxylation is 2. The van der Waals surface area contributed by atoms with Gasteiger partial charge in [-0.3, -0.25) is 0 Å². The molecule has 0 saturated carbocycles. The number of fused-ring (bicyclic) bond motifs is 1. The van der Waals surface area contributed by atoms with Crippen LogP contribution in [-0.2, 0) is 10.0 Å². The van der Waals surface area contributed by atoms with E-state index in [1.165, 1.54) is 0 Å². The van der Waals surface area contributed by atoms with Crippen LogP contribution in [0.5, 0.6) is 0 Å². The fourth-order valence-corrected chi connectivity index (χ4v) is 6.09. The number of sulfonamides is 1. The monoisotopic (exact) mass is 286 g/mol. The molecule has 2 aliphatic heterocycles. The van der Waals surface area contributed by atoms with E-state index in [0.29, 0.717) is 29.8 Å². The molecule has 100 valence electrons. The summed E-state index contributed by atoms with van der Waals surface area (Å²) in [6, 6.07) is 1.81. The first-order valence-corrected chi connectivity index (χ1v) is 8.52. The molecular formula is C12H18N2O2S2. The van der Waals surface area contributed by atoms with E-state index in [2.05, 4.69) is 5.32 Å². The molecule has 1 N–H and O–H groups in total. The Kier molecular flexibility index (Phi) is 3.01. The van der Waals surface area contributed by atoms with Crippen molar-refractivity contribution in [2.75, 3.05) is 26.2 Å². The van der Waals surface area contributed by atoms with Crippen LogP contribution >= 0.6 is 11.3 Å². The fourth-order valence-electron chi connectivity index (χ4n) is 3.01. The van der Waals surface area contributed by atoms with E-state index in [0.717, 1.165) is 22.8 Å². The first kappa shape index (κ1) is 12.6. The number of nitrogens with zero attached hydrogens (tertiary/aromatic N) is 1. The van der Waals surface area contributed by atoms with Gasteiger partial charge in [0.25, 0.3) is 0 Å². The van der Waals surface area contributed by atoms with E-state index in [-0.39, 0.29) is 0 Å². The van der Waals surface area contributed by atoms with Crippen LogP contribution in [0.3, 0.4) is 0 Å². The molecule has 2 fully saturated rings. The average molecular weight is 286 g/mol. The number of hydrogen-bond donors (Lipinski definition) is 1. The summed E-state index contributed by atoms with van der Waals surface area (Å²) in [6.45, 7) is 7.11. The molecular weight excluding hydrogens is 268 g/mol. The molecule has 2 aliphatic rings. The third-order valence-electron chi connectivity index (χ3n) is 3.97. The van der Waals surface area contributed by atoms with E-state index < -0.39 is 10.0 Å². The van der Waals surface area contributed by atoms with Crippen LogP contribution in [0.2, 0.25) is 0 Å². The first-order chi connectivity index (χ1) is 8.48. The number of nitrogens with one attached hydrogen (secondary N) is 1.